The van der Waals surface area contributed by atoms with Gasteiger partial charge in [-0.05, 0) is 48.9 Å². The third-order valence-corrected chi connectivity index (χ3v) is 5.80. The minimum absolute atomic E-state index is 0.0632. The molecular formula is C21H16ClN3O2S. The van der Waals surface area contributed by atoms with E-state index in [9.17, 15) is 9.59 Å². The van der Waals surface area contributed by atoms with Crippen LogP contribution in [0.15, 0.2) is 70.7 Å². The average Bonchev–Trinajstić information content (AvgIpc) is 3.24. The summed E-state index contributed by atoms with van der Waals surface area (Å²) in [5, 5.41) is 1.53. The molecule has 4 rings (SSSR count). The molecule has 0 amide bonds. The highest BCUT2D eigenvalue weighted by atomic mass is 35.5. The highest BCUT2D eigenvalue weighted by Crippen LogP contribution is 2.26. The molecule has 0 saturated carbocycles. The molecule has 28 heavy (non-hydrogen) atoms. The molecule has 7 heteroatoms. The maximum atomic E-state index is 13.3. The van der Waals surface area contributed by atoms with Gasteiger partial charge >= 0.3 is 0 Å². The SMILES string of the molecule is Cc1c(Cl)cccc1-n1c(SCC(=O)c2ccc[nH]2)nc2ccccc2c1=O. The number of halogens is 1. The predicted octanol–water partition coefficient (Wildman–Crippen LogP) is 4.65. The minimum Gasteiger partial charge on any atom is -0.359 e. The van der Waals surface area contributed by atoms with Crippen molar-refractivity contribution in [1.82, 2.24) is 14.5 Å². The van der Waals surface area contributed by atoms with Crippen LogP contribution in [0.1, 0.15) is 16.1 Å². The van der Waals surface area contributed by atoms with Crippen molar-refractivity contribution in [1.29, 1.82) is 0 Å². The summed E-state index contributed by atoms with van der Waals surface area (Å²) in [6.45, 7) is 1.86. The highest BCUT2D eigenvalue weighted by molar-refractivity contribution is 7.99. The molecule has 0 aliphatic carbocycles. The molecule has 0 radical (unpaired) electrons. The molecule has 0 saturated heterocycles. The average molecular weight is 410 g/mol. The number of benzene rings is 2. The number of aromatic amines is 1. The minimum atomic E-state index is -0.189. The number of nitrogens with one attached hydrogen (secondary N) is 1. The first-order valence-electron chi connectivity index (χ1n) is 8.63. The Bertz CT molecular complexity index is 1230. The second kappa shape index (κ2) is 7.66. The van der Waals surface area contributed by atoms with E-state index in [0.29, 0.717) is 32.5 Å². The Kier molecular flexibility index (Phi) is 5.07. The van der Waals surface area contributed by atoms with Crippen LogP contribution in [0.25, 0.3) is 16.6 Å². The van der Waals surface area contributed by atoms with Gasteiger partial charge in [0.05, 0.1) is 28.0 Å². The Morgan fingerprint density at radius 2 is 1.96 bits per heavy atom. The topological polar surface area (TPSA) is 67.8 Å². The van der Waals surface area contributed by atoms with Gasteiger partial charge in [0.1, 0.15) is 0 Å². The summed E-state index contributed by atoms with van der Waals surface area (Å²) in [5.41, 5.74) is 2.37. The Labute approximate surface area is 170 Å². The lowest BCUT2D eigenvalue weighted by Gasteiger charge is -2.15. The zero-order valence-corrected chi connectivity index (χ0v) is 16.6. The maximum Gasteiger partial charge on any atom is 0.266 e. The smallest absolute Gasteiger partial charge is 0.266 e. The fourth-order valence-corrected chi connectivity index (χ4v) is 4.03. The third kappa shape index (κ3) is 3.37. The Morgan fingerprint density at radius 3 is 2.75 bits per heavy atom. The van der Waals surface area contributed by atoms with E-state index in [2.05, 4.69) is 9.97 Å². The van der Waals surface area contributed by atoms with E-state index < -0.39 is 0 Å². The Morgan fingerprint density at radius 1 is 1.14 bits per heavy atom. The molecule has 2 aromatic heterocycles. The lowest BCUT2D eigenvalue weighted by atomic mass is 10.2. The largest absolute Gasteiger partial charge is 0.359 e. The maximum absolute atomic E-state index is 13.3. The first-order chi connectivity index (χ1) is 13.6. The molecule has 140 valence electrons. The molecule has 2 aromatic carbocycles. The number of hydrogen-bond donors (Lipinski definition) is 1. The van der Waals surface area contributed by atoms with Gasteiger partial charge in [0.15, 0.2) is 10.9 Å². The number of carbonyl (C=O) groups excluding carboxylic acids is 1. The lowest BCUT2D eigenvalue weighted by Crippen LogP contribution is -2.23. The van der Waals surface area contributed by atoms with Gasteiger partial charge in [-0.2, -0.15) is 0 Å². The molecule has 0 aliphatic heterocycles. The zero-order valence-electron chi connectivity index (χ0n) is 15.0. The molecule has 0 aliphatic rings. The van der Waals surface area contributed by atoms with Crippen molar-refractivity contribution in [3.8, 4) is 5.69 Å². The number of nitrogens with zero attached hydrogens (tertiary/aromatic N) is 2. The van der Waals surface area contributed by atoms with Crippen molar-refractivity contribution in [2.24, 2.45) is 0 Å². The number of hydrogen-bond acceptors (Lipinski definition) is 4. The van der Waals surface area contributed by atoms with Gasteiger partial charge < -0.3 is 4.98 Å². The zero-order chi connectivity index (χ0) is 19.7. The molecule has 4 aromatic rings. The van der Waals surface area contributed by atoms with Crippen molar-refractivity contribution in [3.63, 3.8) is 0 Å². The number of fused-ring (bicyclic) bond motifs is 1. The fraction of sp³-hybridized carbons (Fsp3) is 0.0952. The van der Waals surface area contributed by atoms with Crippen LogP contribution >= 0.6 is 23.4 Å². The molecule has 0 fully saturated rings. The van der Waals surface area contributed by atoms with Gasteiger partial charge in [-0.3, -0.25) is 14.2 Å². The van der Waals surface area contributed by atoms with Crippen LogP contribution in [-0.4, -0.2) is 26.1 Å². The summed E-state index contributed by atoms with van der Waals surface area (Å²) in [7, 11) is 0. The van der Waals surface area contributed by atoms with E-state index in [1.54, 1.807) is 42.6 Å². The van der Waals surface area contributed by atoms with Gasteiger partial charge in [-0.25, -0.2) is 4.98 Å². The van der Waals surface area contributed by atoms with Crippen LogP contribution in [0, 0.1) is 6.92 Å². The van der Waals surface area contributed by atoms with Gasteiger partial charge in [0, 0.05) is 11.2 Å². The van der Waals surface area contributed by atoms with Crippen molar-refractivity contribution in [3.05, 3.63) is 87.4 Å². The van der Waals surface area contributed by atoms with E-state index >= 15 is 0 Å². The summed E-state index contributed by atoms with van der Waals surface area (Å²) < 4.78 is 1.54. The molecule has 2 heterocycles. The first kappa shape index (κ1) is 18.5. The number of rotatable bonds is 5. The number of H-pyrrole nitrogens is 1. The van der Waals surface area contributed by atoms with Crippen LogP contribution in [0.5, 0.6) is 0 Å². The standard InChI is InChI=1S/C21H16ClN3O2S/c1-13-15(22)7-4-10-18(13)25-20(27)14-6-2-3-8-16(14)24-21(25)28-12-19(26)17-9-5-11-23-17/h2-11,23H,12H2,1H3. The van der Waals surface area contributed by atoms with E-state index in [1.165, 1.54) is 16.3 Å². The van der Waals surface area contributed by atoms with Gasteiger partial charge in [0.2, 0.25) is 0 Å². The molecular weight excluding hydrogens is 394 g/mol. The number of aromatic nitrogens is 3. The number of para-hydroxylation sites is 1. The molecule has 0 atom stereocenters. The number of Topliss-reactive ketones (excluding diaryl/α,β-unsaturated/α-hetero) is 1. The van der Waals surface area contributed by atoms with Crippen LogP contribution in [0.2, 0.25) is 5.02 Å². The monoisotopic (exact) mass is 409 g/mol. The Balaban J connectivity index is 1.85. The summed E-state index contributed by atoms with van der Waals surface area (Å²) in [5.74, 6) is 0.0945. The predicted molar refractivity (Wildman–Crippen MR) is 113 cm³/mol. The quantitative estimate of drug-likeness (QED) is 0.296. The molecule has 0 spiro atoms. The number of carbonyl (C=O) groups is 1. The molecule has 0 unspecified atom stereocenters. The van der Waals surface area contributed by atoms with E-state index in [4.69, 9.17) is 11.6 Å². The number of ketones is 1. The van der Waals surface area contributed by atoms with Crippen molar-refractivity contribution < 1.29 is 4.79 Å². The third-order valence-electron chi connectivity index (χ3n) is 4.46. The summed E-state index contributed by atoms with van der Waals surface area (Å²) in [4.78, 5) is 33.2. The second-order valence-corrected chi connectivity index (χ2v) is 7.58. The van der Waals surface area contributed by atoms with Gasteiger partial charge in [0.25, 0.3) is 5.56 Å². The van der Waals surface area contributed by atoms with E-state index in [0.717, 1.165) is 5.56 Å². The highest BCUT2D eigenvalue weighted by Gasteiger charge is 2.17. The van der Waals surface area contributed by atoms with Crippen LogP contribution in [0.4, 0.5) is 0 Å². The van der Waals surface area contributed by atoms with Crippen molar-refractivity contribution in [2.45, 2.75) is 12.1 Å². The Hall–Kier alpha value is -2.83. The van der Waals surface area contributed by atoms with Crippen LogP contribution in [-0.2, 0) is 0 Å². The van der Waals surface area contributed by atoms with Gasteiger partial charge in [-0.1, -0.05) is 41.6 Å². The molecule has 5 nitrogen and oxygen atoms in total. The van der Waals surface area contributed by atoms with Crippen molar-refractivity contribution >= 4 is 40.0 Å². The molecule has 0 bridgehead atoms. The lowest BCUT2D eigenvalue weighted by molar-refractivity contribution is 0.101. The second-order valence-electron chi connectivity index (χ2n) is 6.23. The summed E-state index contributed by atoms with van der Waals surface area (Å²) in [6.07, 6.45) is 1.71. The summed E-state index contributed by atoms with van der Waals surface area (Å²) in [6, 6.07) is 16.1. The van der Waals surface area contributed by atoms with Crippen LogP contribution < -0.4 is 5.56 Å². The van der Waals surface area contributed by atoms with E-state index in [1.807, 2.05) is 25.1 Å². The summed E-state index contributed by atoms with van der Waals surface area (Å²) >= 11 is 7.51. The fourth-order valence-electron chi connectivity index (χ4n) is 2.97. The normalized spacial score (nSPS) is 11.1. The first-order valence-corrected chi connectivity index (χ1v) is 9.99. The number of thioether (sulfide) groups is 1. The van der Waals surface area contributed by atoms with E-state index in [-0.39, 0.29) is 17.1 Å². The van der Waals surface area contributed by atoms with Crippen molar-refractivity contribution in [2.75, 3.05) is 5.75 Å². The molecule has 1 N–H and O–H groups in total. The van der Waals surface area contributed by atoms with Gasteiger partial charge in [-0.15, -0.1) is 0 Å². The van der Waals surface area contributed by atoms with Crippen LogP contribution in [0.3, 0.4) is 0 Å².